The van der Waals surface area contributed by atoms with E-state index < -0.39 is 7.12 Å². The first-order chi connectivity index (χ1) is 9.06. The van der Waals surface area contributed by atoms with Crippen LogP contribution in [0.15, 0.2) is 18.2 Å². The van der Waals surface area contributed by atoms with E-state index in [9.17, 15) is 0 Å². The summed E-state index contributed by atoms with van der Waals surface area (Å²) in [6, 6.07) is 5.22. The second kappa shape index (κ2) is 6.39. The second-order valence-corrected chi connectivity index (χ2v) is 4.96. The lowest BCUT2D eigenvalue weighted by Crippen LogP contribution is -2.42. The Labute approximate surface area is 113 Å². The van der Waals surface area contributed by atoms with Crippen LogP contribution in [-0.4, -0.2) is 61.5 Å². The summed E-state index contributed by atoms with van der Waals surface area (Å²) in [5.74, 6) is 0.721. The maximum absolute atomic E-state index is 9.15. The molecule has 1 unspecified atom stereocenters. The van der Waals surface area contributed by atoms with Crippen molar-refractivity contribution in [2.45, 2.75) is 13.0 Å². The Morgan fingerprint density at radius 3 is 2.89 bits per heavy atom. The van der Waals surface area contributed by atoms with Gasteiger partial charge in [0, 0.05) is 13.1 Å². The smallest absolute Gasteiger partial charge is 0.488 e. The molecule has 1 aromatic rings. The predicted octanol–water partition coefficient (Wildman–Crippen LogP) is -0.616. The van der Waals surface area contributed by atoms with Crippen LogP contribution in [0.5, 0.6) is 5.75 Å². The van der Waals surface area contributed by atoms with Crippen molar-refractivity contribution in [2.75, 3.05) is 33.4 Å². The molecule has 0 radical (unpaired) electrons. The highest BCUT2D eigenvalue weighted by atomic mass is 16.5. The molecule has 0 bridgehead atoms. The summed E-state index contributed by atoms with van der Waals surface area (Å²) in [5.41, 5.74) is 1.30. The third-order valence-corrected chi connectivity index (χ3v) is 3.30. The van der Waals surface area contributed by atoms with Gasteiger partial charge in [0.1, 0.15) is 18.5 Å². The molecular formula is C13H20BNO4. The quantitative estimate of drug-likeness (QED) is 0.711. The normalized spacial score (nSPS) is 20.3. The van der Waals surface area contributed by atoms with Gasteiger partial charge in [-0.1, -0.05) is 6.07 Å². The minimum atomic E-state index is -1.44. The lowest BCUT2D eigenvalue weighted by Gasteiger charge is -2.29. The molecule has 2 N–H and O–H groups in total. The van der Waals surface area contributed by atoms with E-state index in [-0.39, 0.29) is 6.10 Å². The zero-order chi connectivity index (χ0) is 13.8. The number of ether oxygens (including phenoxy) is 2. The van der Waals surface area contributed by atoms with Crippen LogP contribution in [0.25, 0.3) is 0 Å². The van der Waals surface area contributed by atoms with Gasteiger partial charge in [0.15, 0.2) is 0 Å². The van der Waals surface area contributed by atoms with Gasteiger partial charge in [-0.25, -0.2) is 0 Å². The van der Waals surface area contributed by atoms with Gasteiger partial charge in [-0.05, 0) is 37.1 Å². The van der Waals surface area contributed by atoms with Crippen LogP contribution in [0.4, 0.5) is 0 Å². The van der Waals surface area contributed by atoms with Gasteiger partial charge in [-0.15, -0.1) is 0 Å². The fourth-order valence-electron chi connectivity index (χ4n) is 2.18. The molecule has 0 aromatic heterocycles. The van der Waals surface area contributed by atoms with E-state index in [0.29, 0.717) is 12.1 Å². The van der Waals surface area contributed by atoms with Crippen molar-refractivity contribution in [1.29, 1.82) is 0 Å². The molecule has 5 nitrogen and oxygen atoms in total. The van der Waals surface area contributed by atoms with E-state index in [2.05, 4.69) is 11.9 Å². The molecular weight excluding hydrogens is 245 g/mol. The largest absolute Gasteiger partial charge is 0.491 e. The SMILES string of the molecule is Cc1cc(OCC2CN(C)CCO2)ccc1B(O)O. The van der Waals surface area contributed by atoms with E-state index in [1.54, 1.807) is 18.2 Å². The summed E-state index contributed by atoms with van der Waals surface area (Å²) in [4.78, 5) is 2.22. The molecule has 1 aliphatic rings. The highest BCUT2D eigenvalue weighted by molar-refractivity contribution is 6.59. The topological polar surface area (TPSA) is 62.2 Å². The molecule has 104 valence electrons. The monoisotopic (exact) mass is 265 g/mol. The van der Waals surface area contributed by atoms with Crippen LogP contribution in [0.3, 0.4) is 0 Å². The van der Waals surface area contributed by atoms with Gasteiger partial charge in [-0.2, -0.15) is 0 Å². The second-order valence-electron chi connectivity index (χ2n) is 4.96. The molecule has 1 heterocycles. The van der Waals surface area contributed by atoms with Crippen LogP contribution >= 0.6 is 0 Å². The maximum atomic E-state index is 9.15. The summed E-state index contributed by atoms with van der Waals surface area (Å²) in [6.45, 7) is 4.89. The van der Waals surface area contributed by atoms with Crippen LogP contribution in [0.2, 0.25) is 0 Å². The lowest BCUT2D eigenvalue weighted by atomic mass is 9.77. The van der Waals surface area contributed by atoms with Gasteiger partial charge < -0.3 is 24.4 Å². The number of hydrogen-bond donors (Lipinski definition) is 2. The highest BCUT2D eigenvalue weighted by Gasteiger charge is 2.19. The predicted molar refractivity (Wildman–Crippen MR) is 73.7 cm³/mol. The average molecular weight is 265 g/mol. The molecule has 1 fully saturated rings. The zero-order valence-corrected chi connectivity index (χ0v) is 11.4. The van der Waals surface area contributed by atoms with Crippen molar-refractivity contribution in [1.82, 2.24) is 4.90 Å². The van der Waals surface area contributed by atoms with Crippen molar-refractivity contribution >= 4 is 12.6 Å². The summed E-state index contributed by atoms with van der Waals surface area (Å²) in [7, 11) is 0.626. The van der Waals surface area contributed by atoms with Gasteiger partial charge >= 0.3 is 7.12 Å². The molecule has 0 aliphatic carbocycles. The standard InChI is InChI=1S/C13H20BNO4/c1-10-7-11(3-4-13(10)14(16)17)19-9-12-8-15(2)5-6-18-12/h3-4,7,12,16-17H,5-6,8-9H2,1-2H3. The van der Waals surface area contributed by atoms with Crippen molar-refractivity contribution in [3.63, 3.8) is 0 Å². The summed E-state index contributed by atoms with van der Waals surface area (Å²) >= 11 is 0. The van der Waals surface area contributed by atoms with E-state index in [4.69, 9.17) is 19.5 Å². The first-order valence-corrected chi connectivity index (χ1v) is 6.46. The van der Waals surface area contributed by atoms with Crippen LogP contribution in [0, 0.1) is 6.92 Å². The van der Waals surface area contributed by atoms with Gasteiger partial charge in [0.25, 0.3) is 0 Å². The van der Waals surface area contributed by atoms with Crippen molar-refractivity contribution < 1.29 is 19.5 Å². The van der Waals surface area contributed by atoms with Crippen molar-refractivity contribution in [3.05, 3.63) is 23.8 Å². The Hall–Kier alpha value is -1.08. The molecule has 1 atom stereocenters. The van der Waals surface area contributed by atoms with Crippen molar-refractivity contribution in [3.8, 4) is 5.75 Å². The fourth-order valence-corrected chi connectivity index (χ4v) is 2.18. The van der Waals surface area contributed by atoms with Crippen LogP contribution < -0.4 is 10.2 Å². The van der Waals surface area contributed by atoms with Crippen LogP contribution in [-0.2, 0) is 4.74 Å². The number of nitrogens with zero attached hydrogens (tertiary/aromatic N) is 1. The number of likely N-dealkylation sites (N-methyl/N-ethyl adjacent to an activating group) is 1. The summed E-state index contributed by atoms with van der Waals surface area (Å²) in [5, 5.41) is 18.3. The first kappa shape index (κ1) is 14.3. The van der Waals surface area contributed by atoms with E-state index in [0.717, 1.165) is 31.0 Å². The molecule has 2 rings (SSSR count). The van der Waals surface area contributed by atoms with Gasteiger partial charge in [0.2, 0.25) is 0 Å². The summed E-state index contributed by atoms with van der Waals surface area (Å²) in [6.07, 6.45) is 0.0853. The third kappa shape index (κ3) is 3.94. The Bertz CT molecular complexity index is 427. The Morgan fingerprint density at radius 1 is 1.47 bits per heavy atom. The Balaban J connectivity index is 1.91. The number of benzene rings is 1. The first-order valence-electron chi connectivity index (χ1n) is 6.46. The molecule has 1 aromatic carbocycles. The molecule has 19 heavy (non-hydrogen) atoms. The number of rotatable bonds is 4. The van der Waals surface area contributed by atoms with Gasteiger partial charge in [-0.3, -0.25) is 0 Å². The van der Waals surface area contributed by atoms with Crippen LogP contribution in [0.1, 0.15) is 5.56 Å². The number of hydrogen-bond acceptors (Lipinski definition) is 5. The number of aryl methyl sites for hydroxylation is 1. The van der Waals surface area contributed by atoms with E-state index >= 15 is 0 Å². The molecule has 1 saturated heterocycles. The third-order valence-electron chi connectivity index (χ3n) is 3.30. The van der Waals surface area contributed by atoms with Gasteiger partial charge in [0.05, 0.1) is 6.61 Å². The fraction of sp³-hybridized carbons (Fsp3) is 0.538. The highest BCUT2D eigenvalue weighted by Crippen LogP contribution is 2.13. The number of morpholine rings is 1. The molecule has 0 saturated carbocycles. The van der Waals surface area contributed by atoms with Crippen molar-refractivity contribution in [2.24, 2.45) is 0 Å². The zero-order valence-electron chi connectivity index (χ0n) is 11.4. The Kier molecular flexibility index (Phi) is 4.82. The summed E-state index contributed by atoms with van der Waals surface area (Å²) < 4.78 is 11.3. The molecule has 0 amide bonds. The molecule has 0 spiro atoms. The molecule has 1 aliphatic heterocycles. The van der Waals surface area contributed by atoms with E-state index in [1.165, 1.54) is 0 Å². The lowest BCUT2D eigenvalue weighted by molar-refractivity contribution is -0.0403. The maximum Gasteiger partial charge on any atom is 0.488 e. The average Bonchev–Trinajstić information content (AvgIpc) is 2.36. The minimum Gasteiger partial charge on any atom is -0.491 e. The molecule has 6 heteroatoms. The van der Waals surface area contributed by atoms with E-state index in [1.807, 2.05) is 6.92 Å². The minimum absolute atomic E-state index is 0.0853. The Morgan fingerprint density at radius 2 is 2.26 bits per heavy atom.